The maximum absolute atomic E-state index is 5.80. The first kappa shape index (κ1) is 14.9. The Hall–Kier alpha value is -1.45. The molecule has 0 spiro atoms. The fraction of sp³-hybridized carbons (Fsp3) is 0.294. The molecule has 2 aromatic rings. The minimum Gasteiger partial charge on any atom is -0.493 e. The molecule has 0 atom stereocenters. The van der Waals surface area contributed by atoms with Gasteiger partial charge in [0.2, 0.25) is 0 Å². The van der Waals surface area contributed by atoms with Gasteiger partial charge in [0.05, 0.1) is 6.61 Å². The molecule has 0 heterocycles. The van der Waals surface area contributed by atoms with Gasteiger partial charge in [-0.3, -0.25) is 0 Å². The van der Waals surface area contributed by atoms with Crippen LogP contribution in [0.5, 0.6) is 5.75 Å². The van der Waals surface area contributed by atoms with E-state index in [1.807, 2.05) is 36.0 Å². The lowest BCUT2D eigenvalue weighted by molar-refractivity contribution is 0.315. The van der Waals surface area contributed by atoms with E-state index in [2.05, 4.69) is 31.2 Å². The van der Waals surface area contributed by atoms with Crippen molar-refractivity contribution in [2.75, 3.05) is 12.4 Å². The van der Waals surface area contributed by atoms with Crippen molar-refractivity contribution in [2.45, 2.75) is 24.8 Å². The molecule has 0 unspecified atom stereocenters. The number of ether oxygens (including phenoxy) is 1. The maximum Gasteiger partial charge on any atom is 0.123 e. The second kappa shape index (κ2) is 7.98. The summed E-state index contributed by atoms with van der Waals surface area (Å²) >= 11 is 1.89. The Labute approximate surface area is 125 Å². The predicted octanol–water partition coefficient (Wildman–Crippen LogP) is 4.01. The molecular weight excluding hydrogens is 266 g/mol. The number of rotatable bonds is 7. The van der Waals surface area contributed by atoms with Crippen LogP contribution in [0.2, 0.25) is 0 Å². The van der Waals surface area contributed by atoms with E-state index in [1.165, 1.54) is 10.5 Å². The second-order valence-electron chi connectivity index (χ2n) is 4.63. The highest BCUT2D eigenvalue weighted by Gasteiger charge is 2.01. The van der Waals surface area contributed by atoms with Crippen LogP contribution < -0.4 is 10.5 Å². The third-order valence-electron chi connectivity index (χ3n) is 3.09. The lowest BCUT2D eigenvalue weighted by Crippen LogP contribution is -2.04. The smallest absolute Gasteiger partial charge is 0.123 e. The number of hydrogen-bond donors (Lipinski definition) is 1. The van der Waals surface area contributed by atoms with E-state index in [1.54, 1.807) is 0 Å². The lowest BCUT2D eigenvalue weighted by Gasteiger charge is -2.10. The Bertz CT molecular complexity index is 542. The molecule has 0 amide bonds. The first-order valence-corrected chi connectivity index (χ1v) is 7.89. The van der Waals surface area contributed by atoms with Crippen LogP contribution in [-0.2, 0) is 6.54 Å². The molecule has 0 fully saturated rings. The fourth-order valence-corrected chi connectivity index (χ4v) is 2.91. The zero-order chi connectivity index (χ0) is 14.2. The van der Waals surface area contributed by atoms with Crippen LogP contribution in [-0.4, -0.2) is 12.4 Å². The van der Waals surface area contributed by atoms with Gasteiger partial charge in [-0.15, -0.1) is 11.8 Å². The number of para-hydroxylation sites is 1. The van der Waals surface area contributed by atoms with E-state index in [9.17, 15) is 0 Å². The number of benzene rings is 2. The first-order valence-electron chi connectivity index (χ1n) is 6.90. The van der Waals surface area contributed by atoms with Crippen molar-refractivity contribution in [3.63, 3.8) is 0 Å². The summed E-state index contributed by atoms with van der Waals surface area (Å²) in [4.78, 5) is 1.36. The molecule has 0 bridgehead atoms. The van der Waals surface area contributed by atoms with Gasteiger partial charge in [-0.05, 0) is 31.0 Å². The van der Waals surface area contributed by atoms with Crippen molar-refractivity contribution >= 4 is 11.8 Å². The largest absolute Gasteiger partial charge is 0.493 e. The van der Waals surface area contributed by atoms with Crippen molar-refractivity contribution in [3.05, 3.63) is 59.7 Å². The molecule has 2 N–H and O–H groups in total. The van der Waals surface area contributed by atoms with Gasteiger partial charge in [-0.1, -0.05) is 36.4 Å². The van der Waals surface area contributed by atoms with Crippen molar-refractivity contribution in [1.82, 2.24) is 0 Å². The van der Waals surface area contributed by atoms with Gasteiger partial charge in [0.25, 0.3) is 0 Å². The highest BCUT2D eigenvalue weighted by molar-refractivity contribution is 7.99. The summed E-state index contributed by atoms with van der Waals surface area (Å²) in [5.41, 5.74) is 8.10. The van der Waals surface area contributed by atoms with Crippen molar-refractivity contribution in [3.8, 4) is 5.75 Å². The molecule has 0 aliphatic carbocycles. The summed E-state index contributed by atoms with van der Waals surface area (Å²) in [5, 5.41) is 0. The van der Waals surface area contributed by atoms with E-state index in [4.69, 9.17) is 10.5 Å². The van der Waals surface area contributed by atoms with Gasteiger partial charge in [0.1, 0.15) is 5.75 Å². The molecule has 0 radical (unpaired) electrons. The fourth-order valence-electron chi connectivity index (χ4n) is 1.95. The number of aryl methyl sites for hydroxylation is 1. The predicted molar refractivity (Wildman–Crippen MR) is 86.3 cm³/mol. The first-order chi connectivity index (χ1) is 9.81. The molecule has 0 saturated heterocycles. The quantitative estimate of drug-likeness (QED) is 0.617. The summed E-state index contributed by atoms with van der Waals surface area (Å²) in [7, 11) is 0. The normalized spacial score (nSPS) is 10.5. The van der Waals surface area contributed by atoms with Crippen molar-refractivity contribution in [2.24, 2.45) is 5.73 Å². The SMILES string of the molecule is Cc1ccccc1SCCCOc1ccccc1CN. The summed E-state index contributed by atoms with van der Waals surface area (Å²) in [5.74, 6) is 1.98. The average molecular weight is 287 g/mol. The van der Waals surface area contributed by atoms with Crippen LogP contribution in [0.25, 0.3) is 0 Å². The monoisotopic (exact) mass is 287 g/mol. The van der Waals surface area contributed by atoms with Crippen molar-refractivity contribution < 1.29 is 4.74 Å². The van der Waals surface area contributed by atoms with Gasteiger partial charge >= 0.3 is 0 Å². The third-order valence-corrected chi connectivity index (χ3v) is 4.35. The average Bonchev–Trinajstić information content (AvgIpc) is 2.49. The molecule has 0 saturated carbocycles. The molecule has 0 aliphatic rings. The second-order valence-corrected chi connectivity index (χ2v) is 5.76. The summed E-state index contributed by atoms with van der Waals surface area (Å²) < 4.78 is 5.80. The molecule has 2 aromatic carbocycles. The van der Waals surface area contributed by atoms with Crippen LogP contribution in [0.3, 0.4) is 0 Å². The van der Waals surface area contributed by atoms with E-state index in [0.29, 0.717) is 6.54 Å². The molecule has 3 heteroatoms. The van der Waals surface area contributed by atoms with Crippen LogP contribution in [0.15, 0.2) is 53.4 Å². The van der Waals surface area contributed by atoms with E-state index in [-0.39, 0.29) is 0 Å². The van der Waals surface area contributed by atoms with Crippen LogP contribution in [0.4, 0.5) is 0 Å². The van der Waals surface area contributed by atoms with Gasteiger partial charge in [-0.25, -0.2) is 0 Å². The van der Waals surface area contributed by atoms with E-state index in [0.717, 1.165) is 30.1 Å². The number of thioether (sulfide) groups is 1. The summed E-state index contributed by atoms with van der Waals surface area (Å²) in [6, 6.07) is 16.4. The van der Waals surface area contributed by atoms with E-state index >= 15 is 0 Å². The highest BCUT2D eigenvalue weighted by Crippen LogP contribution is 2.23. The van der Waals surface area contributed by atoms with Gasteiger partial charge in [0.15, 0.2) is 0 Å². The Morgan fingerprint density at radius 1 is 1.05 bits per heavy atom. The lowest BCUT2D eigenvalue weighted by atomic mass is 10.2. The Kier molecular flexibility index (Phi) is 5.96. The molecular formula is C17H21NOS. The summed E-state index contributed by atoms with van der Waals surface area (Å²) in [6.07, 6.45) is 1.03. The standard InChI is InChI=1S/C17H21NOS/c1-14-7-2-5-10-17(14)20-12-6-11-19-16-9-4-3-8-15(16)13-18/h2-5,7-10H,6,11-13,18H2,1H3. The molecule has 20 heavy (non-hydrogen) atoms. The summed E-state index contributed by atoms with van der Waals surface area (Å²) in [6.45, 7) is 3.40. The third kappa shape index (κ3) is 4.29. The Morgan fingerprint density at radius 2 is 1.80 bits per heavy atom. The topological polar surface area (TPSA) is 35.2 Å². The Balaban J connectivity index is 1.73. The van der Waals surface area contributed by atoms with E-state index < -0.39 is 0 Å². The van der Waals surface area contributed by atoms with Gasteiger partial charge < -0.3 is 10.5 Å². The molecule has 0 aliphatic heterocycles. The van der Waals surface area contributed by atoms with Gasteiger partial charge in [0, 0.05) is 22.8 Å². The molecule has 2 rings (SSSR count). The molecule has 106 valence electrons. The highest BCUT2D eigenvalue weighted by atomic mass is 32.2. The minimum atomic E-state index is 0.522. The van der Waals surface area contributed by atoms with Crippen molar-refractivity contribution in [1.29, 1.82) is 0 Å². The molecule has 2 nitrogen and oxygen atoms in total. The minimum absolute atomic E-state index is 0.522. The van der Waals surface area contributed by atoms with Crippen LogP contribution in [0, 0.1) is 6.92 Å². The maximum atomic E-state index is 5.80. The number of hydrogen-bond acceptors (Lipinski definition) is 3. The Morgan fingerprint density at radius 3 is 2.60 bits per heavy atom. The number of nitrogens with two attached hydrogens (primary N) is 1. The zero-order valence-corrected chi connectivity index (χ0v) is 12.7. The van der Waals surface area contributed by atoms with Crippen LogP contribution in [0.1, 0.15) is 17.5 Å². The van der Waals surface area contributed by atoms with Gasteiger partial charge in [-0.2, -0.15) is 0 Å². The molecule has 0 aromatic heterocycles. The zero-order valence-electron chi connectivity index (χ0n) is 11.8. The van der Waals surface area contributed by atoms with Crippen LogP contribution >= 0.6 is 11.8 Å².